The molecule has 0 radical (unpaired) electrons. The lowest BCUT2D eigenvalue weighted by Crippen LogP contribution is -2.30. The maximum Gasteiger partial charge on any atom is 0.274 e. The van der Waals surface area contributed by atoms with Gasteiger partial charge in [0.15, 0.2) is 0 Å². The summed E-state index contributed by atoms with van der Waals surface area (Å²) in [5.74, 6) is 0. The molecule has 2 atom stereocenters. The molecule has 2 unspecified atom stereocenters. The number of nitrogens with zero attached hydrogens (tertiary/aromatic N) is 1. The second-order valence-electron chi connectivity index (χ2n) is 6.31. The van der Waals surface area contributed by atoms with Gasteiger partial charge in [-0.2, -0.15) is 0 Å². The van der Waals surface area contributed by atoms with Crippen LogP contribution in [0.1, 0.15) is 51.6 Å². The summed E-state index contributed by atoms with van der Waals surface area (Å²) >= 11 is 0. The van der Waals surface area contributed by atoms with Gasteiger partial charge in [0.2, 0.25) is 0 Å². The lowest BCUT2D eigenvalue weighted by atomic mass is 9.91. The summed E-state index contributed by atoms with van der Waals surface area (Å²) in [7, 11) is 0. The van der Waals surface area contributed by atoms with Gasteiger partial charge in [-0.1, -0.05) is 32.0 Å². The molecule has 1 N–H and O–H groups in total. The maximum absolute atomic E-state index is 11.0. The van der Waals surface area contributed by atoms with Crippen LogP contribution in [0.2, 0.25) is 0 Å². The van der Waals surface area contributed by atoms with E-state index in [0.717, 1.165) is 18.4 Å². The molecule has 0 heterocycles. The monoisotopic (exact) mass is 262 g/mol. The summed E-state index contributed by atoms with van der Waals surface area (Å²) in [6, 6.07) is 7.47. The van der Waals surface area contributed by atoms with Gasteiger partial charge >= 0.3 is 0 Å². The van der Waals surface area contributed by atoms with Gasteiger partial charge in [-0.15, -0.1) is 0 Å². The molecule has 1 saturated carbocycles. The Balaban J connectivity index is 2.08. The van der Waals surface area contributed by atoms with Crippen molar-refractivity contribution in [2.75, 3.05) is 0 Å². The largest absolute Gasteiger partial charge is 0.307 e. The van der Waals surface area contributed by atoms with Gasteiger partial charge in [0.25, 0.3) is 5.69 Å². The number of para-hydroxylation sites is 1. The zero-order chi connectivity index (χ0) is 14.0. The molecule has 1 aliphatic carbocycles. The van der Waals surface area contributed by atoms with Crippen LogP contribution in [0.3, 0.4) is 0 Å². The second kappa shape index (κ2) is 5.29. The lowest BCUT2D eigenvalue weighted by Gasteiger charge is -2.22. The van der Waals surface area contributed by atoms with E-state index in [-0.39, 0.29) is 16.7 Å². The number of nitro benzene ring substituents is 1. The molecule has 4 heteroatoms. The van der Waals surface area contributed by atoms with E-state index >= 15 is 0 Å². The molecule has 1 aliphatic rings. The van der Waals surface area contributed by atoms with Crippen LogP contribution in [-0.4, -0.2) is 11.0 Å². The molecule has 0 spiro atoms. The van der Waals surface area contributed by atoms with Crippen LogP contribution in [0.5, 0.6) is 0 Å². The van der Waals surface area contributed by atoms with E-state index in [0.29, 0.717) is 11.5 Å². The van der Waals surface area contributed by atoms with Crippen LogP contribution in [0.25, 0.3) is 0 Å². The van der Waals surface area contributed by atoms with E-state index in [9.17, 15) is 10.1 Å². The first-order valence-electron chi connectivity index (χ1n) is 6.88. The van der Waals surface area contributed by atoms with Gasteiger partial charge < -0.3 is 5.32 Å². The molecule has 0 bridgehead atoms. The highest BCUT2D eigenvalue weighted by molar-refractivity contribution is 5.41. The highest BCUT2D eigenvalue weighted by atomic mass is 16.6. The molecular formula is C15H22N2O2. The highest BCUT2D eigenvalue weighted by Crippen LogP contribution is 2.38. The summed E-state index contributed by atoms with van der Waals surface area (Å²) in [5, 5.41) is 14.6. The van der Waals surface area contributed by atoms with Crippen LogP contribution in [0.4, 0.5) is 5.69 Å². The van der Waals surface area contributed by atoms with Crippen molar-refractivity contribution in [3.63, 3.8) is 0 Å². The van der Waals surface area contributed by atoms with Crippen molar-refractivity contribution in [2.24, 2.45) is 5.41 Å². The number of hydrogen-bond acceptors (Lipinski definition) is 3. The number of rotatable bonds is 4. The Kier molecular flexibility index (Phi) is 3.90. The summed E-state index contributed by atoms with van der Waals surface area (Å²) in [6.45, 7) is 6.57. The average molecular weight is 262 g/mol. The van der Waals surface area contributed by atoms with Crippen molar-refractivity contribution in [1.82, 2.24) is 5.32 Å². The standard InChI is InChI=1S/C15H22N2O2/c1-11(16-12-8-9-15(2,3)10-12)13-6-4-5-7-14(13)17(18)19/h4-7,11-12,16H,8-10H2,1-3H3. The first kappa shape index (κ1) is 14.0. The Hall–Kier alpha value is -1.42. The second-order valence-corrected chi connectivity index (χ2v) is 6.31. The SMILES string of the molecule is CC(NC1CCC(C)(C)C1)c1ccccc1[N+](=O)[O-]. The van der Waals surface area contributed by atoms with E-state index in [1.807, 2.05) is 19.1 Å². The predicted octanol–water partition coefficient (Wildman–Crippen LogP) is 3.82. The van der Waals surface area contributed by atoms with E-state index in [2.05, 4.69) is 19.2 Å². The van der Waals surface area contributed by atoms with Gasteiger partial charge in [0.1, 0.15) is 0 Å². The van der Waals surface area contributed by atoms with Crippen LogP contribution in [0.15, 0.2) is 24.3 Å². The summed E-state index contributed by atoms with van der Waals surface area (Å²) in [4.78, 5) is 10.7. The van der Waals surface area contributed by atoms with Gasteiger partial charge in [-0.25, -0.2) is 0 Å². The fourth-order valence-electron chi connectivity index (χ4n) is 3.04. The Morgan fingerprint density at radius 1 is 1.42 bits per heavy atom. The zero-order valence-electron chi connectivity index (χ0n) is 11.8. The molecule has 0 aromatic heterocycles. The topological polar surface area (TPSA) is 55.2 Å². The van der Waals surface area contributed by atoms with E-state index in [4.69, 9.17) is 0 Å². The van der Waals surface area contributed by atoms with Crippen LogP contribution < -0.4 is 5.32 Å². The Morgan fingerprint density at radius 2 is 2.11 bits per heavy atom. The predicted molar refractivity (Wildman–Crippen MR) is 76.1 cm³/mol. The van der Waals surface area contributed by atoms with Crippen molar-refractivity contribution >= 4 is 5.69 Å². The summed E-state index contributed by atoms with van der Waals surface area (Å²) < 4.78 is 0. The molecule has 1 aromatic carbocycles. The van der Waals surface area contributed by atoms with Crippen molar-refractivity contribution in [1.29, 1.82) is 0 Å². The molecule has 1 aromatic rings. The molecule has 0 saturated heterocycles. The highest BCUT2D eigenvalue weighted by Gasteiger charge is 2.32. The quantitative estimate of drug-likeness (QED) is 0.663. The number of hydrogen-bond donors (Lipinski definition) is 1. The third kappa shape index (κ3) is 3.32. The van der Waals surface area contributed by atoms with E-state index in [1.165, 1.54) is 6.42 Å². The zero-order valence-corrected chi connectivity index (χ0v) is 11.8. The number of nitrogens with one attached hydrogen (secondary N) is 1. The molecule has 104 valence electrons. The van der Waals surface area contributed by atoms with Gasteiger partial charge in [0.05, 0.1) is 4.92 Å². The Morgan fingerprint density at radius 3 is 2.68 bits per heavy atom. The molecule has 0 aliphatic heterocycles. The molecule has 1 fully saturated rings. The minimum absolute atomic E-state index is 0.0144. The van der Waals surface area contributed by atoms with Crippen LogP contribution in [0, 0.1) is 15.5 Å². The molecule has 2 rings (SSSR count). The molecular weight excluding hydrogens is 240 g/mol. The van der Waals surface area contributed by atoms with E-state index in [1.54, 1.807) is 12.1 Å². The van der Waals surface area contributed by atoms with Gasteiger partial charge in [0, 0.05) is 23.7 Å². The van der Waals surface area contributed by atoms with Crippen molar-refractivity contribution in [2.45, 2.75) is 52.1 Å². The van der Waals surface area contributed by atoms with Gasteiger partial charge in [-0.05, 0) is 31.6 Å². The third-order valence-electron chi connectivity index (χ3n) is 4.05. The summed E-state index contributed by atoms with van der Waals surface area (Å²) in [6.07, 6.45) is 3.50. The summed E-state index contributed by atoms with van der Waals surface area (Å²) in [5.41, 5.74) is 1.37. The van der Waals surface area contributed by atoms with Crippen LogP contribution >= 0.6 is 0 Å². The van der Waals surface area contributed by atoms with Crippen LogP contribution in [-0.2, 0) is 0 Å². The first-order valence-corrected chi connectivity index (χ1v) is 6.88. The smallest absolute Gasteiger partial charge is 0.274 e. The van der Waals surface area contributed by atoms with E-state index < -0.39 is 0 Å². The fraction of sp³-hybridized carbons (Fsp3) is 0.600. The Bertz CT molecular complexity index is 471. The van der Waals surface area contributed by atoms with Crippen molar-refractivity contribution < 1.29 is 4.92 Å². The third-order valence-corrected chi connectivity index (χ3v) is 4.05. The van der Waals surface area contributed by atoms with Crippen molar-refractivity contribution in [3.05, 3.63) is 39.9 Å². The minimum Gasteiger partial charge on any atom is -0.307 e. The normalized spacial score (nSPS) is 23.2. The minimum atomic E-state index is -0.300. The number of nitro groups is 1. The maximum atomic E-state index is 11.0. The fourth-order valence-corrected chi connectivity index (χ4v) is 3.04. The first-order chi connectivity index (χ1) is 8.89. The van der Waals surface area contributed by atoms with Gasteiger partial charge in [-0.3, -0.25) is 10.1 Å². The average Bonchev–Trinajstić information content (AvgIpc) is 2.68. The van der Waals surface area contributed by atoms with Crippen molar-refractivity contribution in [3.8, 4) is 0 Å². The lowest BCUT2D eigenvalue weighted by molar-refractivity contribution is -0.385. The number of benzene rings is 1. The molecule has 19 heavy (non-hydrogen) atoms. The molecule has 4 nitrogen and oxygen atoms in total. The molecule has 0 amide bonds. The Labute approximate surface area is 114 Å².